The smallest absolute Gasteiger partial charge is 0.272 e. The highest BCUT2D eigenvalue weighted by Crippen LogP contribution is 2.16. The third-order valence-electron chi connectivity index (χ3n) is 3.56. The molecule has 3 aromatic rings. The highest BCUT2D eigenvalue weighted by Gasteiger charge is 2.13. The number of carbonyl (C=O) groups excluding carboxylic acids is 2. The number of aryl methyl sites for hydroxylation is 1. The molecule has 2 N–H and O–H groups in total. The fraction of sp³-hybridized carbons (Fsp3) is 0.105. The third-order valence-corrected chi connectivity index (χ3v) is 4.38. The summed E-state index contributed by atoms with van der Waals surface area (Å²) in [4.78, 5) is 28.4. The number of amides is 2. The predicted octanol–water partition coefficient (Wildman–Crippen LogP) is 3.24. The van der Waals surface area contributed by atoms with Crippen LogP contribution in [0.2, 0.25) is 0 Å². The normalized spacial score (nSPS) is 10.3. The number of ether oxygens (including phenoxy) is 1. The summed E-state index contributed by atoms with van der Waals surface area (Å²) in [6.07, 6.45) is 0. The second kappa shape index (κ2) is 8.41. The summed E-state index contributed by atoms with van der Waals surface area (Å²) in [6.45, 7) is 2.20. The lowest BCUT2D eigenvalue weighted by atomic mass is 10.2. The Morgan fingerprint density at radius 3 is 2.63 bits per heavy atom. The summed E-state index contributed by atoms with van der Waals surface area (Å²) in [5, 5.41) is 2.86. The first kappa shape index (κ1) is 18.5. The Kier molecular flexibility index (Phi) is 5.77. The van der Waals surface area contributed by atoms with E-state index in [0.29, 0.717) is 12.4 Å². The summed E-state index contributed by atoms with van der Waals surface area (Å²) in [7, 11) is 0. The van der Waals surface area contributed by atoms with E-state index >= 15 is 0 Å². The van der Waals surface area contributed by atoms with Crippen LogP contribution in [0.1, 0.15) is 31.4 Å². The molecule has 0 atom stereocenters. The summed E-state index contributed by atoms with van der Waals surface area (Å²) in [6, 6.07) is 12.0. The van der Waals surface area contributed by atoms with Gasteiger partial charge >= 0.3 is 0 Å². The van der Waals surface area contributed by atoms with Gasteiger partial charge in [-0.05, 0) is 37.3 Å². The SMILES string of the molecule is Cc1nc(COc2cccc(C(=O)NNC(=O)c3ccccc3F)c2)cs1. The lowest BCUT2D eigenvalue weighted by Gasteiger charge is -2.09. The number of nitrogens with zero attached hydrogens (tertiary/aromatic N) is 1. The van der Waals surface area contributed by atoms with E-state index in [2.05, 4.69) is 15.8 Å². The molecule has 138 valence electrons. The van der Waals surface area contributed by atoms with Crippen LogP contribution in [0.5, 0.6) is 5.75 Å². The van der Waals surface area contributed by atoms with Crippen molar-refractivity contribution in [2.45, 2.75) is 13.5 Å². The number of thiazole rings is 1. The molecule has 0 aliphatic carbocycles. The van der Waals surface area contributed by atoms with Crippen molar-refractivity contribution in [3.63, 3.8) is 0 Å². The molecule has 6 nitrogen and oxygen atoms in total. The van der Waals surface area contributed by atoms with Crippen molar-refractivity contribution in [3.8, 4) is 5.75 Å². The maximum atomic E-state index is 13.6. The van der Waals surface area contributed by atoms with Crippen molar-refractivity contribution in [1.82, 2.24) is 15.8 Å². The molecule has 1 heterocycles. The molecule has 3 rings (SSSR count). The van der Waals surface area contributed by atoms with Gasteiger partial charge in [0.2, 0.25) is 0 Å². The molecular formula is C19H16FN3O3S. The van der Waals surface area contributed by atoms with Gasteiger partial charge in [-0.1, -0.05) is 18.2 Å². The van der Waals surface area contributed by atoms with Crippen LogP contribution in [-0.2, 0) is 6.61 Å². The molecule has 0 saturated heterocycles. The molecule has 0 radical (unpaired) electrons. The van der Waals surface area contributed by atoms with Crippen LogP contribution in [0.4, 0.5) is 4.39 Å². The minimum atomic E-state index is -0.743. The lowest BCUT2D eigenvalue weighted by Crippen LogP contribution is -2.41. The van der Waals surface area contributed by atoms with Gasteiger partial charge < -0.3 is 4.74 Å². The number of hydrazine groups is 1. The summed E-state index contributed by atoms with van der Waals surface area (Å²) in [5.74, 6) is -1.46. The van der Waals surface area contributed by atoms with Gasteiger partial charge in [0.25, 0.3) is 11.8 Å². The number of hydrogen-bond donors (Lipinski definition) is 2. The average Bonchev–Trinajstić information content (AvgIpc) is 3.10. The van der Waals surface area contributed by atoms with E-state index in [0.717, 1.165) is 10.7 Å². The van der Waals surface area contributed by atoms with Gasteiger partial charge in [-0.2, -0.15) is 0 Å². The first-order valence-electron chi connectivity index (χ1n) is 8.02. The van der Waals surface area contributed by atoms with Crippen molar-refractivity contribution < 1.29 is 18.7 Å². The first-order chi connectivity index (χ1) is 13.0. The largest absolute Gasteiger partial charge is 0.487 e. The monoisotopic (exact) mass is 385 g/mol. The van der Waals surface area contributed by atoms with Gasteiger partial charge in [0, 0.05) is 10.9 Å². The minimum Gasteiger partial charge on any atom is -0.487 e. The van der Waals surface area contributed by atoms with Crippen LogP contribution < -0.4 is 15.6 Å². The fourth-order valence-corrected chi connectivity index (χ4v) is 2.85. The Morgan fingerprint density at radius 2 is 1.89 bits per heavy atom. The van der Waals surface area contributed by atoms with Gasteiger partial charge in [0.1, 0.15) is 18.2 Å². The van der Waals surface area contributed by atoms with Crippen LogP contribution >= 0.6 is 11.3 Å². The van der Waals surface area contributed by atoms with E-state index in [4.69, 9.17) is 4.74 Å². The van der Waals surface area contributed by atoms with Gasteiger partial charge in [0.05, 0.1) is 16.3 Å². The van der Waals surface area contributed by atoms with E-state index in [9.17, 15) is 14.0 Å². The molecule has 27 heavy (non-hydrogen) atoms. The first-order valence-corrected chi connectivity index (χ1v) is 8.90. The molecule has 0 fully saturated rings. The van der Waals surface area contributed by atoms with Gasteiger partial charge in [-0.3, -0.25) is 20.4 Å². The Morgan fingerprint density at radius 1 is 1.11 bits per heavy atom. The fourth-order valence-electron chi connectivity index (χ4n) is 2.26. The number of aromatic nitrogens is 1. The van der Waals surface area contributed by atoms with Crippen LogP contribution in [0.15, 0.2) is 53.9 Å². The Bertz CT molecular complexity index is 974. The Labute approximate surface area is 159 Å². The molecule has 0 unspecified atom stereocenters. The molecule has 8 heteroatoms. The molecule has 0 saturated carbocycles. The number of benzene rings is 2. The quantitative estimate of drug-likeness (QED) is 0.661. The Hall–Kier alpha value is -3.26. The van der Waals surface area contributed by atoms with E-state index in [-0.39, 0.29) is 11.1 Å². The van der Waals surface area contributed by atoms with Crippen molar-refractivity contribution >= 4 is 23.2 Å². The highest BCUT2D eigenvalue weighted by atomic mass is 32.1. The van der Waals surface area contributed by atoms with Crippen molar-refractivity contribution in [2.75, 3.05) is 0 Å². The minimum absolute atomic E-state index is 0.159. The van der Waals surface area contributed by atoms with Crippen LogP contribution in [-0.4, -0.2) is 16.8 Å². The number of rotatable bonds is 5. The van der Waals surface area contributed by atoms with E-state index in [1.807, 2.05) is 12.3 Å². The molecular weight excluding hydrogens is 369 g/mol. The highest BCUT2D eigenvalue weighted by molar-refractivity contribution is 7.09. The van der Waals surface area contributed by atoms with E-state index in [1.165, 1.54) is 35.6 Å². The average molecular weight is 385 g/mol. The van der Waals surface area contributed by atoms with Gasteiger partial charge in [-0.15, -0.1) is 11.3 Å². The zero-order valence-electron chi connectivity index (χ0n) is 14.4. The van der Waals surface area contributed by atoms with Gasteiger partial charge in [-0.25, -0.2) is 9.37 Å². The molecule has 1 aromatic heterocycles. The topological polar surface area (TPSA) is 80.3 Å². The summed E-state index contributed by atoms with van der Waals surface area (Å²) in [5.41, 5.74) is 5.39. The zero-order valence-corrected chi connectivity index (χ0v) is 15.2. The van der Waals surface area contributed by atoms with Crippen LogP contribution in [0.25, 0.3) is 0 Å². The van der Waals surface area contributed by atoms with Crippen LogP contribution in [0.3, 0.4) is 0 Å². The third kappa shape index (κ3) is 4.89. The van der Waals surface area contributed by atoms with Crippen LogP contribution in [0, 0.1) is 12.7 Å². The maximum Gasteiger partial charge on any atom is 0.272 e. The lowest BCUT2D eigenvalue weighted by molar-refractivity contribution is 0.0844. The number of halogens is 1. The molecule has 0 bridgehead atoms. The number of carbonyl (C=O) groups is 2. The predicted molar refractivity (Wildman–Crippen MR) is 99.0 cm³/mol. The Balaban J connectivity index is 1.58. The zero-order chi connectivity index (χ0) is 19.2. The summed E-state index contributed by atoms with van der Waals surface area (Å²) < 4.78 is 19.2. The molecule has 2 amide bonds. The van der Waals surface area contributed by atoms with Gasteiger partial charge in [0.15, 0.2) is 0 Å². The van der Waals surface area contributed by atoms with E-state index < -0.39 is 17.6 Å². The van der Waals surface area contributed by atoms with Crippen molar-refractivity contribution in [2.24, 2.45) is 0 Å². The standard InChI is InChI=1S/C19H16FN3O3S/c1-12-21-14(11-27-12)10-26-15-6-4-5-13(9-15)18(24)22-23-19(25)16-7-2-3-8-17(16)20/h2-9,11H,10H2,1H3,(H,22,24)(H,23,25). The van der Waals surface area contributed by atoms with E-state index in [1.54, 1.807) is 24.3 Å². The second-order valence-corrected chi connectivity index (χ2v) is 6.62. The van der Waals surface area contributed by atoms with Crippen molar-refractivity contribution in [3.05, 3.63) is 81.6 Å². The molecule has 0 aliphatic heterocycles. The molecule has 0 aliphatic rings. The molecule has 0 spiro atoms. The molecule has 2 aromatic carbocycles. The summed E-state index contributed by atoms with van der Waals surface area (Å²) >= 11 is 1.53. The number of nitrogens with one attached hydrogen (secondary N) is 2. The van der Waals surface area contributed by atoms with Crippen molar-refractivity contribution in [1.29, 1.82) is 0 Å². The second-order valence-electron chi connectivity index (χ2n) is 5.56. The maximum absolute atomic E-state index is 13.6. The number of hydrogen-bond acceptors (Lipinski definition) is 5.